The van der Waals surface area contributed by atoms with Crippen molar-refractivity contribution in [2.24, 2.45) is 5.73 Å². The van der Waals surface area contributed by atoms with E-state index >= 15 is 0 Å². The summed E-state index contributed by atoms with van der Waals surface area (Å²) >= 11 is 3.36. The number of amides is 3. The van der Waals surface area contributed by atoms with Gasteiger partial charge in [-0.15, -0.1) is 0 Å². The molecule has 0 bridgehead atoms. The zero-order chi connectivity index (χ0) is 14.3. The Morgan fingerprint density at radius 2 is 2.16 bits per heavy atom. The van der Waals surface area contributed by atoms with Crippen molar-refractivity contribution < 1.29 is 14.3 Å². The Morgan fingerprint density at radius 1 is 1.42 bits per heavy atom. The first-order valence-electron chi connectivity index (χ1n) is 5.74. The highest BCUT2D eigenvalue weighted by Gasteiger charge is 2.11. The molecule has 0 radical (unpaired) electrons. The Hall–Kier alpha value is -1.60. The second kappa shape index (κ2) is 7.75. The van der Waals surface area contributed by atoms with E-state index in [-0.39, 0.29) is 6.61 Å². The molecule has 0 saturated heterocycles. The van der Waals surface area contributed by atoms with Crippen LogP contribution >= 0.6 is 15.9 Å². The highest BCUT2D eigenvalue weighted by Crippen LogP contribution is 2.28. The summed E-state index contributed by atoms with van der Waals surface area (Å²) in [5, 5.41) is 5.12. The number of carbonyl (C=O) groups is 2. The molecule has 1 rings (SSSR count). The van der Waals surface area contributed by atoms with Crippen LogP contribution in [0.2, 0.25) is 0 Å². The van der Waals surface area contributed by atoms with Crippen LogP contribution in [0.3, 0.4) is 0 Å². The molecule has 6 nitrogen and oxygen atoms in total. The number of imide groups is 1. The number of rotatable bonds is 6. The Morgan fingerprint density at radius 3 is 2.79 bits per heavy atom. The van der Waals surface area contributed by atoms with Crippen LogP contribution in [-0.4, -0.2) is 25.1 Å². The van der Waals surface area contributed by atoms with Crippen LogP contribution in [0, 0.1) is 0 Å². The average Bonchev–Trinajstić information content (AvgIpc) is 2.34. The number of halogens is 1. The van der Waals surface area contributed by atoms with Gasteiger partial charge in [-0.1, -0.05) is 19.1 Å². The molecular weight excluding hydrogens is 314 g/mol. The predicted molar refractivity (Wildman–Crippen MR) is 74.7 cm³/mol. The van der Waals surface area contributed by atoms with Crippen molar-refractivity contribution in [1.82, 2.24) is 10.6 Å². The van der Waals surface area contributed by atoms with Gasteiger partial charge in [0.05, 0.1) is 4.47 Å². The lowest BCUT2D eigenvalue weighted by molar-refractivity contribution is -0.121. The Labute approximate surface area is 119 Å². The topological polar surface area (TPSA) is 93.4 Å². The molecule has 3 amide bonds. The quantitative estimate of drug-likeness (QED) is 0.729. The first kappa shape index (κ1) is 15.5. The molecule has 0 aliphatic carbocycles. The molecule has 0 fully saturated rings. The van der Waals surface area contributed by atoms with Gasteiger partial charge in [0.15, 0.2) is 6.61 Å². The predicted octanol–water partition coefficient (Wildman–Crippen LogP) is 1.13. The number of hydrogen-bond donors (Lipinski definition) is 3. The fraction of sp³-hybridized carbons (Fsp3) is 0.333. The molecule has 4 N–H and O–H groups in total. The Balaban J connectivity index is 2.70. The summed E-state index contributed by atoms with van der Waals surface area (Å²) in [5.41, 5.74) is 5.76. The minimum Gasteiger partial charge on any atom is -0.482 e. The lowest BCUT2D eigenvalue weighted by atomic mass is 10.2. The minimum absolute atomic E-state index is 0.273. The molecule has 7 heteroatoms. The summed E-state index contributed by atoms with van der Waals surface area (Å²) in [6, 6.07) is 4.70. The van der Waals surface area contributed by atoms with Gasteiger partial charge in [0.2, 0.25) is 0 Å². The summed E-state index contributed by atoms with van der Waals surface area (Å²) < 4.78 is 6.17. The summed E-state index contributed by atoms with van der Waals surface area (Å²) in [7, 11) is 0. The maximum atomic E-state index is 11.3. The first-order chi connectivity index (χ1) is 9.04. The minimum atomic E-state index is -0.895. The zero-order valence-corrected chi connectivity index (χ0v) is 12.1. The summed E-state index contributed by atoms with van der Waals surface area (Å²) in [6.07, 6.45) is 0. The van der Waals surface area contributed by atoms with Gasteiger partial charge in [-0.2, -0.15) is 0 Å². The zero-order valence-electron chi connectivity index (χ0n) is 10.5. The van der Waals surface area contributed by atoms with Crippen molar-refractivity contribution in [1.29, 1.82) is 0 Å². The van der Waals surface area contributed by atoms with Gasteiger partial charge in [-0.05, 0) is 28.5 Å². The lowest BCUT2D eigenvalue weighted by Crippen LogP contribution is -2.38. The van der Waals surface area contributed by atoms with Gasteiger partial charge >= 0.3 is 6.03 Å². The van der Waals surface area contributed by atoms with E-state index in [1.54, 1.807) is 0 Å². The molecule has 0 aliphatic rings. The molecule has 1 aromatic rings. The van der Waals surface area contributed by atoms with Gasteiger partial charge in [0.25, 0.3) is 5.91 Å². The third-order valence-electron chi connectivity index (χ3n) is 2.22. The Bertz CT molecular complexity index is 466. The van der Waals surface area contributed by atoms with Gasteiger partial charge in [-0.25, -0.2) is 4.79 Å². The lowest BCUT2D eigenvalue weighted by Gasteiger charge is -2.13. The van der Waals surface area contributed by atoms with Gasteiger partial charge < -0.3 is 15.8 Å². The largest absolute Gasteiger partial charge is 0.482 e. The molecule has 0 atom stereocenters. The molecule has 19 heavy (non-hydrogen) atoms. The number of ether oxygens (including phenoxy) is 1. The van der Waals surface area contributed by atoms with Crippen molar-refractivity contribution in [3.63, 3.8) is 0 Å². The summed E-state index contributed by atoms with van der Waals surface area (Å²) in [4.78, 5) is 21.8. The summed E-state index contributed by atoms with van der Waals surface area (Å²) in [5.74, 6) is -0.0132. The van der Waals surface area contributed by atoms with Crippen LogP contribution in [0.1, 0.15) is 12.5 Å². The first-order valence-corrected chi connectivity index (χ1v) is 6.54. The van der Waals surface area contributed by atoms with Gasteiger partial charge in [0.1, 0.15) is 5.75 Å². The molecule has 1 aromatic carbocycles. The number of para-hydroxylation sites is 1. The van der Waals surface area contributed by atoms with Crippen molar-refractivity contribution in [3.8, 4) is 5.75 Å². The summed E-state index contributed by atoms with van der Waals surface area (Å²) in [6.45, 7) is 3.18. The van der Waals surface area contributed by atoms with Crippen molar-refractivity contribution in [2.45, 2.75) is 13.5 Å². The van der Waals surface area contributed by atoms with Crippen LogP contribution in [0.5, 0.6) is 5.75 Å². The standard InChI is InChI=1S/C12H16BrN3O3/c1-2-15-6-8-4-3-5-9(13)11(8)19-7-10(17)16-12(14)18/h3-5,15H,2,6-7H2,1H3,(H3,14,16,17,18). The highest BCUT2D eigenvalue weighted by molar-refractivity contribution is 9.10. The van der Waals surface area contributed by atoms with Crippen LogP contribution in [0.4, 0.5) is 4.79 Å². The smallest absolute Gasteiger partial charge is 0.318 e. The van der Waals surface area contributed by atoms with E-state index in [9.17, 15) is 9.59 Å². The van der Waals surface area contributed by atoms with Crippen LogP contribution < -0.4 is 21.1 Å². The number of carbonyl (C=O) groups excluding carboxylic acids is 2. The second-order valence-electron chi connectivity index (χ2n) is 3.71. The van der Waals surface area contributed by atoms with E-state index in [1.165, 1.54) is 0 Å². The van der Waals surface area contributed by atoms with E-state index in [4.69, 9.17) is 10.5 Å². The van der Waals surface area contributed by atoms with E-state index in [2.05, 4.69) is 21.2 Å². The van der Waals surface area contributed by atoms with Crippen molar-refractivity contribution >= 4 is 27.9 Å². The fourth-order valence-corrected chi connectivity index (χ4v) is 1.95. The van der Waals surface area contributed by atoms with E-state index in [1.807, 2.05) is 30.4 Å². The van der Waals surface area contributed by atoms with E-state index < -0.39 is 11.9 Å². The van der Waals surface area contributed by atoms with E-state index in [0.717, 1.165) is 16.6 Å². The monoisotopic (exact) mass is 329 g/mol. The van der Waals surface area contributed by atoms with Crippen LogP contribution in [0.15, 0.2) is 22.7 Å². The number of urea groups is 1. The maximum Gasteiger partial charge on any atom is 0.318 e. The normalized spacial score (nSPS) is 10.0. The van der Waals surface area contributed by atoms with Gasteiger partial charge in [-0.3, -0.25) is 10.1 Å². The third-order valence-corrected chi connectivity index (χ3v) is 2.85. The molecular formula is C12H16BrN3O3. The highest BCUT2D eigenvalue weighted by atomic mass is 79.9. The molecule has 0 spiro atoms. The molecule has 0 aromatic heterocycles. The SMILES string of the molecule is CCNCc1cccc(Br)c1OCC(=O)NC(N)=O. The second-order valence-corrected chi connectivity index (χ2v) is 4.56. The fourth-order valence-electron chi connectivity index (χ4n) is 1.43. The molecule has 0 saturated carbocycles. The van der Waals surface area contributed by atoms with E-state index in [0.29, 0.717) is 12.3 Å². The third kappa shape index (κ3) is 5.27. The average molecular weight is 330 g/mol. The molecule has 104 valence electrons. The number of nitrogens with two attached hydrogens (primary N) is 1. The number of primary amides is 1. The number of hydrogen-bond acceptors (Lipinski definition) is 4. The molecule has 0 aliphatic heterocycles. The maximum absolute atomic E-state index is 11.3. The van der Waals surface area contributed by atoms with Crippen LogP contribution in [-0.2, 0) is 11.3 Å². The number of nitrogens with one attached hydrogen (secondary N) is 2. The molecule has 0 unspecified atom stereocenters. The Kier molecular flexibility index (Phi) is 6.31. The molecule has 0 heterocycles. The number of benzene rings is 1. The van der Waals surface area contributed by atoms with Crippen LogP contribution in [0.25, 0.3) is 0 Å². The van der Waals surface area contributed by atoms with Gasteiger partial charge in [0, 0.05) is 12.1 Å². The van der Waals surface area contributed by atoms with Crippen molar-refractivity contribution in [3.05, 3.63) is 28.2 Å². The van der Waals surface area contributed by atoms with Crippen molar-refractivity contribution in [2.75, 3.05) is 13.2 Å².